The molecule has 4 atom stereocenters. The molecule has 282 valence electrons. The highest BCUT2D eigenvalue weighted by atomic mass is 35.5. The number of hydrogen-bond acceptors (Lipinski definition) is 9. The fourth-order valence-electron chi connectivity index (χ4n) is 6.22. The second-order valence-electron chi connectivity index (χ2n) is 12.6. The van der Waals surface area contributed by atoms with Gasteiger partial charge in [-0.2, -0.15) is 0 Å². The highest BCUT2D eigenvalue weighted by Gasteiger charge is 2.38. The molecule has 4 N–H and O–H groups in total. The Hall–Kier alpha value is -4.63. The number of nitrogens with zero attached hydrogens (tertiary/aromatic N) is 4. The van der Waals surface area contributed by atoms with E-state index in [4.69, 9.17) is 27.9 Å². The third-order valence-electron chi connectivity index (χ3n) is 8.98. The number of halogens is 2. The molecule has 0 bridgehead atoms. The number of likely N-dealkylation sites (tertiary alicyclic amines) is 2. The third-order valence-corrected chi connectivity index (χ3v) is 9.32. The van der Waals surface area contributed by atoms with E-state index in [1.54, 1.807) is 36.7 Å². The van der Waals surface area contributed by atoms with Crippen molar-refractivity contribution in [2.75, 3.05) is 49.4 Å². The van der Waals surface area contributed by atoms with Gasteiger partial charge in [0, 0.05) is 68.0 Å². The number of benzene rings is 1. The Bertz CT molecular complexity index is 1550. The minimum Gasteiger partial charge on any atom is -0.480 e. The van der Waals surface area contributed by atoms with E-state index in [2.05, 4.69) is 20.9 Å². The van der Waals surface area contributed by atoms with Gasteiger partial charge in [-0.25, -0.2) is 9.59 Å². The number of carbonyl (C=O) groups excluding carboxylic acids is 5. The summed E-state index contributed by atoms with van der Waals surface area (Å²) in [5.41, 5.74) is 2.28. The number of anilines is 1. The normalized spacial score (nSPS) is 17.9. The highest BCUT2D eigenvalue weighted by Crippen LogP contribution is 2.21. The molecule has 2 aromatic rings. The first kappa shape index (κ1) is 40.1. The number of nitrogens with one attached hydrogen (secondary N) is 3. The number of carbonyl (C=O) groups is 6. The zero-order valence-corrected chi connectivity index (χ0v) is 30.5. The lowest BCUT2D eigenvalue weighted by molar-refractivity contribution is -0.144. The van der Waals surface area contributed by atoms with Gasteiger partial charge in [-0.1, -0.05) is 18.2 Å². The van der Waals surface area contributed by atoms with Crippen molar-refractivity contribution >= 4 is 64.6 Å². The van der Waals surface area contributed by atoms with Crippen LogP contribution in [0.2, 0.25) is 0 Å². The minimum absolute atomic E-state index is 0.00364. The number of ether oxygens (including phenoxy) is 1. The van der Waals surface area contributed by atoms with Crippen molar-refractivity contribution < 1.29 is 38.6 Å². The lowest BCUT2D eigenvalue weighted by atomic mass is 10.0. The number of aromatic nitrogens is 1. The Morgan fingerprint density at radius 2 is 1.56 bits per heavy atom. The van der Waals surface area contributed by atoms with E-state index in [1.807, 2.05) is 17.0 Å². The van der Waals surface area contributed by atoms with E-state index in [9.17, 15) is 33.9 Å². The van der Waals surface area contributed by atoms with Gasteiger partial charge in [0.2, 0.25) is 23.6 Å². The molecule has 0 spiro atoms. The first-order valence-corrected chi connectivity index (χ1v) is 18.3. The van der Waals surface area contributed by atoms with E-state index in [1.165, 1.54) is 16.7 Å². The summed E-state index contributed by atoms with van der Waals surface area (Å²) >= 11 is 11.8. The summed E-state index contributed by atoms with van der Waals surface area (Å²) in [6.45, 7) is 2.82. The van der Waals surface area contributed by atoms with Gasteiger partial charge in [0.15, 0.2) is 0 Å². The van der Waals surface area contributed by atoms with Crippen LogP contribution in [0, 0.1) is 0 Å². The number of amides is 5. The average molecular weight is 763 g/mol. The van der Waals surface area contributed by atoms with Crippen LogP contribution in [0.3, 0.4) is 0 Å². The Labute approximate surface area is 312 Å². The second kappa shape index (κ2) is 19.8. The van der Waals surface area contributed by atoms with Crippen molar-refractivity contribution in [1.29, 1.82) is 0 Å². The largest absolute Gasteiger partial charge is 0.480 e. The van der Waals surface area contributed by atoms with E-state index in [0.29, 0.717) is 68.2 Å². The van der Waals surface area contributed by atoms with Crippen molar-refractivity contribution in [3.8, 4) is 0 Å². The third kappa shape index (κ3) is 11.2. The van der Waals surface area contributed by atoms with Crippen molar-refractivity contribution in [3.05, 3.63) is 59.9 Å². The molecule has 2 aliphatic rings. The maximum absolute atomic E-state index is 13.3. The molecule has 1 aromatic heterocycles. The van der Waals surface area contributed by atoms with Crippen LogP contribution in [0.4, 0.5) is 10.5 Å². The first-order valence-electron chi connectivity index (χ1n) is 17.2. The fraction of sp³-hybridized carbons (Fsp3) is 0.514. The lowest BCUT2D eigenvalue weighted by Gasteiger charge is -2.26. The van der Waals surface area contributed by atoms with Crippen molar-refractivity contribution in [3.63, 3.8) is 0 Å². The van der Waals surface area contributed by atoms with Crippen LogP contribution < -0.4 is 20.9 Å². The van der Waals surface area contributed by atoms with Gasteiger partial charge in [-0.15, -0.1) is 23.2 Å². The van der Waals surface area contributed by atoms with Crippen molar-refractivity contribution in [2.45, 2.75) is 69.8 Å². The zero-order valence-electron chi connectivity index (χ0n) is 29.0. The molecule has 2 fully saturated rings. The summed E-state index contributed by atoms with van der Waals surface area (Å²) in [4.78, 5) is 85.7. The Morgan fingerprint density at radius 1 is 0.923 bits per heavy atom. The van der Waals surface area contributed by atoms with E-state index in [-0.39, 0.29) is 19.6 Å². The maximum Gasteiger partial charge on any atom is 0.410 e. The van der Waals surface area contributed by atoms with Gasteiger partial charge in [-0.3, -0.25) is 29.1 Å². The van der Waals surface area contributed by atoms with Crippen LogP contribution in [0.5, 0.6) is 0 Å². The lowest BCUT2D eigenvalue weighted by Crippen LogP contribution is -2.54. The van der Waals surface area contributed by atoms with Gasteiger partial charge in [0.05, 0.1) is 6.54 Å². The molecule has 2 aliphatic heterocycles. The average Bonchev–Trinajstić information content (AvgIpc) is 3.84. The standard InChI is InChI=1S/C35H45Cl2N7O8/c1-23(40-32(47)29-7-4-16-44(29)35(51)52-22-25-5-2-14-38-20-25)31(46)39-21-30(45)43-15-3-6-28(43)33(48)41-27(34(49)50)19-24-8-10-26(11-9-24)42(17-12-36)18-13-37/h2,5,8-11,14,20,23,27-29H,3-4,6-7,12-13,15-19,21-22H2,1H3,(H,39,46)(H,40,47)(H,41,48)(H,49,50)/t23-,27-,28-,29-/m0/s1. The van der Waals surface area contributed by atoms with Gasteiger partial charge >= 0.3 is 12.1 Å². The molecule has 0 radical (unpaired) electrons. The summed E-state index contributed by atoms with van der Waals surface area (Å²) in [6.07, 6.45) is 4.40. The monoisotopic (exact) mass is 761 g/mol. The summed E-state index contributed by atoms with van der Waals surface area (Å²) in [5.74, 6) is -2.65. The van der Waals surface area contributed by atoms with E-state index in [0.717, 1.165) is 5.69 Å². The number of rotatable bonds is 17. The summed E-state index contributed by atoms with van der Waals surface area (Å²) in [5, 5.41) is 17.6. The van der Waals surface area contributed by atoms with Crippen LogP contribution in [-0.4, -0.2) is 124 Å². The minimum atomic E-state index is -1.24. The quantitative estimate of drug-likeness (QED) is 0.173. The Kier molecular flexibility index (Phi) is 15.3. The molecule has 4 rings (SSSR count). The van der Waals surface area contributed by atoms with Gasteiger partial charge in [0.1, 0.15) is 30.8 Å². The molecule has 2 saturated heterocycles. The summed E-state index contributed by atoms with van der Waals surface area (Å²) < 4.78 is 5.35. The van der Waals surface area contributed by atoms with Gasteiger partial charge in [-0.05, 0) is 56.4 Å². The number of carboxylic acid groups (broad SMARTS) is 1. The SMILES string of the molecule is C[C@H](NC(=O)[C@@H]1CCCN1C(=O)OCc1cccnc1)C(=O)NCC(=O)N1CCC[C@H]1C(=O)N[C@@H](Cc1ccc(N(CCCl)CCCl)cc1)C(=O)O. The molecule has 15 nitrogen and oxygen atoms in total. The fourth-order valence-corrected chi connectivity index (χ4v) is 6.63. The van der Waals surface area contributed by atoms with Crippen LogP contribution in [0.1, 0.15) is 43.7 Å². The molecular weight excluding hydrogens is 717 g/mol. The topological polar surface area (TPSA) is 191 Å². The predicted molar refractivity (Wildman–Crippen MR) is 193 cm³/mol. The first-order chi connectivity index (χ1) is 25.0. The summed E-state index contributed by atoms with van der Waals surface area (Å²) in [6, 6.07) is 6.76. The Balaban J connectivity index is 1.25. The van der Waals surface area contributed by atoms with E-state index < -0.39 is 66.4 Å². The summed E-state index contributed by atoms with van der Waals surface area (Å²) in [7, 11) is 0. The predicted octanol–water partition coefficient (Wildman–Crippen LogP) is 1.89. The number of carboxylic acids is 1. The Morgan fingerprint density at radius 3 is 2.17 bits per heavy atom. The van der Waals surface area contributed by atoms with Crippen LogP contribution in [0.15, 0.2) is 48.8 Å². The van der Waals surface area contributed by atoms with Crippen LogP contribution in [-0.2, 0) is 41.7 Å². The molecule has 17 heteroatoms. The molecule has 3 heterocycles. The maximum atomic E-state index is 13.3. The van der Waals surface area contributed by atoms with Crippen LogP contribution >= 0.6 is 23.2 Å². The smallest absolute Gasteiger partial charge is 0.410 e. The van der Waals surface area contributed by atoms with Crippen LogP contribution in [0.25, 0.3) is 0 Å². The van der Waals surface area contributed by atoms with Gasteiger partial charge < -0.3 is 35.6 Å². The zero-order chi connectivity index (χ0) is 37.6. The number of hydrogen-bond donors (Lipinski definition) is 4. The van der Waals surface area contributed by atoms with Crippen molar-refractivity contribution in [2.24, 2.45) is 0 Å². The molecular formula is C35H45Cl2N7O8. The molecule has 0 unspecified atom stereocenters. The molecule has 52 heavy (non-hydrogen) atoms. The highest BCUT2D eigenvalue weighted by molar-refractivity contribution is 6.18. The van der Waals surface area contributed by atoms with Crippen molar-refractivity contribution in [1.82, 2.24) is 30.7 Å². The second-order valence-corrected chi connectivity index (χ2v) is 13.4. The van der Waals surface area contributed by atoms with E-state index >= 15 is 0 Å². The molecule has 1 aromatic carbocycles. The van der Waals surface area contributed by atoms with Gasteiger partial charge in [0.25, 0.3) is 0 Å². The number of aliphatic carboxylic acids is 1. The molecule has 5 amide bonds. The molecule has 0 saturated carbocycles. The molecule has 0 aliphatic carbocycles. The number of pyridine rings is 1. The number of alkyl halides is 2.